The van der Waals surface area contributed by atoms with Crippen LogP contribution in [-0.2, 0) is 20.7 Å². The first-order valence-electron chi connectivity index (χ1n) is 15.6. The van der Waals surface area contributed by atoms with Gasteiger partial charge < -0.3 is 14.9 Å². The Morgan fingerprint density at radius 1 is 0.522 bits per heavy atom. The number of benzene rings is 6. The molecule has 0 aliphatic heterocycles. The number of ether oxygens (including phenoxy) is 1. The molecule has 0 unspecified atom stereocenters. The molecule has 0 saturated heterocycles. The molecule has 0 aromatic heterocycles. The summed E-state index contributed by atoms with van der Waals surface area (Å²) in [5.41, 5.74) is 8.97. The minimum atomic E-state index is -1.25. The first-order chi connectivity index (χ1) is 22.4. The number of carbonyl (C=O) groups excluding carboxylic acids is 1. The van der Waals surface area contributed by atoms with Crippen molar-refractivity contribution >= 4 is 5.97 Å². The van der Waals surface area contributed by atoms with Crippen LogP contribution in [0.4, 0.5) is 0 Å². The van der Waals surface area contributed by atoms with Crippen LogP contribution in [0.3, 0.4) is 0 Å². The average molecular weight is 603 g/mol. The molecule has 226 valence electrons. The predicted molar refractivity (Wildman–Crippen MR) is 182 cm³/mol. The number of fused-ring (bicyclic) bond motifs is 6. The minimum Gasteiger partial charge on any atom is -0.466 e. The molecule has 0 atom stereocenters. The van der Waals surface area contributed by atoms with Crippen molar-refractivity contribution in [3.8, 4) is 33.4 Å². The monoisotopic (exact) mass is 602 g/mol. The average Bonchev–Trinajstić information content (AvgIpc) is 3.53. The van der Waals surface area contributed by atoms with E-state index < -0.39 is 11.2 Å². The molecule has 2 N–H and O–H groups in total. The van der Waals surface area contributed by atoms with Gasteiger partial charge >= 0.3 is 5.97 Å². The van der Waals surface area contributed by atoms with Crippen LogP contribution in [0.2, 0.25) is 0 Å². The molecule has 0 amide bonds. The maximum atomic E-state index is 12.4. The summed E-state index contributed by atoms with van der Waals surface area (Å²) in [6, 6.07) is 48.8. The number of aliphatic hydroxyl groups is 2. The van der Waals surface area contributed by atoms with Crippen LogP contribution in [-0.4, -0.2) is 22.8 Å². The van der Waals surface area contributed by atoms with Gasteiger partial charge in [0.25, 0.3) is 0 Å². The lowest BCUT2D eigenvalue weighted by atomic mass is 9.81. The van der Waals surface area contributed by atoms with Gasteiger partial charge in [-0.15, -0.1) is 0 Å². The maximum absolute atomic E-state index is 12.4. The first kappa shape index (κ1) is 29.4. The second-order valence-corrected chi connectivity index (χ2v) is 11.7. The van der Waals surface area contributed by atoms with Gasteiger partial charge in [-0.2, -0.15) is 0 Å². The van der Waals surface area contributed by atoms with E-state index in [2.05, 4.69) is 53.3 Å². The largest absolute Gasteiger partial charge is 0.466 e. The van der Waals surface area contributed by atoms with Gasteiger partial charge in [0.05, 0.1) is 6.61 Å². The van der Waals surface area contributed by atoms with Crippen LogP contribution < -0.4 is 0 Å². The first-order valence-corrected chi connectivity index (χ1v) is 15.6. The number of hydrogen-bond donors (Lipinski definition) is 2. The van der Waals surface area contributed by atoms with Crippen molar-refractivity contribution in [3.63, 3.8) is 0 Å². The fraction of sp³-hybridized carbons (Fsp3) is 0.119. The normalized spacial score (nSPS) is 14.2. The van der Waals surface area contributed by atoms with Crippen molar-refractivity contribution in [1.82, 2.24) is 0 Å². The number of rotatable bonds is 4. The zero-order chi connectivity index (χ0) is 31.9. The second-order valence-electron chi connectivity index (χ2n) is 11.7. The van der Waals surface area contributed by atoms with Crippen molar-refractivity contribution in [1.29, 1.82) is 0 Å². The van der Waals surface area contributed by atoms with E-state index in [1.54, 1.807) is 6.92 Å². The highest BCUT2D eigenvalue weighted by molar-refractivity contribution is 5.84. The van der Waals surface area contributed by atoms with Crippen LogP contribution in [0.1, 0.15) is 47.2 Å². The summed E-state index contributed by atoms with van der Waals surface area (Å²) < 4.78 is 4.40. The van der Waals surface area contributed by atoms with Crippen molar-refractivity contribution in [3.05, 3.63) is 179 Å². The van der Waals surface area contributed by atoms with E-state index in [0.29, 0.717) is 6.61 Å². The number of carbonyl (C=O) groups is 1. The quantitative estimate of drug-likeness (QED) is 0.199. The van der Waals surface area contributed by atoms with Crippen LogP contribution in [0.25, 0.3) is 33.4 Å². The van der Waals surface area contributed by atoms with Gasteiger partial charge in [0, 0.05) is 29.2 Å². The highest BCUT2D eigenvalue weighted by atomic mass is 16.5. The highest BCUT2D eigenvalue weighted by Gasteiger charge is 2.44. The molecular weight excluding hydrogens is 568 g/mol. The van der Waals surface area contributed by atoms with Crippen molar-refractivity contribution in [2.45, 2.75) is 25.0 Å². The van der Waals surface area contributed by atoms with Crippen LogP contribution in [0.5, 0.6) is 0 Å². The van der Waals surface area contributed by atoms with E-state index in [9.17, 15) is 15.0 Å². The van der Waals surface area contributed by atoms with Crippen molar-refractivity contribution in [2.24, 2.45) is 0 Å². The molecular formula is C42H34O4. The molecule has 0 bridgehead atoms. The Morgan fingerprint density at radius 3 is 1.13 bits per heavy atom. The smallest absolute Gasteiger partial charge is 0.302 e. The fourth-order valence-corrected chi connectivity index (χ4v) is 7.10. The molecule has 0 radical (unpaired) electrons. The summed E-state index contributed by atoms with van der Waals surface area (Å²) in [6.07, 6.45) is 0. The SMILES string of the molecule is CCOC(C)=O.OC1(c2cccc(-c3cccc(C4(O)c5ccccc5-c5ccccc54)c3)c2)c2ccccc2-c2ccccc21. The third-order valence-electron chi connectivity index (χ3n) is 9.09. The van der Waals surface area contributed by atoms with Crippen molar-refractivity contribution < 1.29 is 19.7 Å². The Labute approximate surface area is 269 Å². The third kappa shape index (κ3) is 4.57. The fourth-order valence-electron chi connectivity index (χ4n) is 7.10. The van der Waals surface area contributed by atoms with E-state index in [0.717, 1.165) is 66.8 Å². The maximum Gasteiger partial charge on any atom is 0.302 e. The molecule has 4 heteroatoms. The van der Waals surface area contributed by atoms with E-state index in [4.69, 9.17) is 0 Å². The van der Waals surface area contributed by atoms with Gasteiger partial charge in [0.2, 0.25) is 0 Å². The summed E-state index contributed by atoms with van der Waals surface area (Å²) in [7, 11) is 0. The molecule has 4 nitrogen and oxygen atoms in total. The summed E-state index contributed by atoms with van der Waals surface area (Å²) in [4.78, 5) is 9.82. The summed E-state index contributed by atoms with van der Waals surface area (Å²) in [6.45, 7) is 3.65. The molecule has 8 rings (SSSR count). The van der Waals surface area contributed by atoms with Gasteiger partial charge in [0.1, 0.15) is 11.2 Å². The molecule has 0 fully saturated rings. The van der Waals surface area contributed by atoms with E-state index in [1.807, 2.05) is 97.1 Å². The molecule has 0 spiro atoms. The molecule has 2 aliphatic rings. The van der Waals surface area contributed by atoms with Gasteiger partial charge in [0.15, 0.2) is 0 Å². The van der Waals surface area contributed by atoms with Gasteiger partial charge in [-0.25, -0.2) is 0 Å². The minimum absolute atomic E-state index is 0.211. The summed E-state index contributed by atoms with van der Waals surface area (Å²) >= 11 is 0. The van der Waals surface area contributed by atoms with E-state index in [-0.39, 0.29) is 5.97 Å². The topological polar surface area (TPSA) is 66.8 Å². The van der Waals surface area contributed by atoms with Crippen molar-refractivity contribution in [2.75, 3.05) is 6.61 Å². The van der Waals surface area contributed by atoms with Gasteiger partial charge in [-0.05, 0) is 63.6 Å². The third-order valence-corrected chi connectivity index (χ3v) is 9.09. The van der Waals surface area contributed by atoms with Crippen LogP contribution >= 0.6 is 0 Å². The number of hydrogen-bond acceptors (Lipinski definition) is 4. The molecule has 6 aromatic rings. The summed E-state index contributed by atoms with van der Waals surface area (Å²) in [5, 5.41) is 24.8. The molecule has 2 aliphatic carbocycles. The molecule has 6 aromatic carbocycles. The standard InChI is InChI=1S/C38H26O2.C4H8O2/c39-37(33-19-5-1-15-29(33)30-16-2-6-20-34(30)37)27-13-9-11-25(23-27)26-12-10-14-28(24-26)38(40)35-21-7-3-17-31(35)32-18-4-8-22-36(32)38;1-3-6-4(2)5/h1-24,39-40H;3H2,1-2H3. The van der Waals surface area contributed by atoms with Crippen LogP contribution in [0.15, 0.2) is 146 Å². The Kier molecular flexibility index (Phi) is 7.40. The van der Waals surface area contributed by atoms with E-state index in [1.165, 1.54) is 6.92 Å². The Hall–Kier alpha value is -5.29. The van der Waals surface area contributed by atoms with E-state index >= 15 is 0 Å². The molecule has 0 saturated carbocycles. The predicted octanol–water partition coefficient (Wildman–Crippen LogP) is 8.45. The summed E-state index contributed by atoms with van der Waals surface area (Å²) in [5.74, 6) is -0.211. The Balaban J connectivity index is 0.000000517. The lowest BCUT2D eigenvalue weighted by Crippen LogP contribution is -2.26. The number of esters is 1. The lowest BCUT2D eigenvalue weighted by molar-refractivity contribution is -0.140. The zero-order valence-corrected chi connectivity index (χ0v) is 25.8. The highest BCUT2D eigenvalue weighted by Crippen LogP contribution is 2.52. The van der Waals surface area contributed by atoms with Gasteiger partial charge in [-0.1, -0.05) is 133 Å². The lowest BCUT2D eigenvalue weighted by Gasteiger charge is -2.28. The van der Waals surface area contributed by atoms with Gasteiger partial charge in [-0.3, -0.25) is 4.79 Å². The molecule has 46 heavy (non-hydrogen) atoms. The van der Waals surface area contributed by atoms with Crippen LogP contribution in [0, 0.1) is 0 Å². The molecule has 0 heterocycles. The Bertz CT molecular complexity index is 1860. The Morgan fingerprint density at radius 2 is 0.848 bits per heavy atom. The second kappa shape index (κ2) is 11.6. The zero-order valence-electron chi connectivity index (χ0n) is 25.8.